The summed E-state index contributed by atoms with van der Waals surface area (Å²) in [5.41, 5.74) is 2.05. The van der Waals surface area contributed by atoms with Crippen LogP contribution in [0.15, 0.2) is 0 Å². The molecule has 0 aromatic carbocycles. The smallest absolute Gasteiger partial charge is 0.332 e. The maximum atomic E-state index is 11.0. The van der Waals surface area contributed by atoms with E-state index in [1.54, 1.807) is 0 Å². The van der Waals surface area contributed by atoms with Gasteiger partial charge >= 0.3 is 5.97 Å². The van der Waals surface area contributed by atoms with Crippen molar-refractivity contribution < 1.29 is 19.5 Å². The minimum atomic E-state index is -1.11. The van der Waals surface area contributed by atoms with E-state index in [1.165, 1.54) is 12.8 Å². The molecule has 0 atom stereocenters. The van der Waals surface area contributed by atoms with Crippen LogP contribution in [0.2, 0.25) is 0 Å². The Bertz CT molecular complexity index is 215. The van der Waals surface area contributed by atoms with Crippen molar-refractivity contribution in [3.8, 4) is 0 Å². The third-order valence-corrected chi connectivity index (χ3v) is 1.74. The molecule has 1 fully saturated rings. The number of carbonyl (C=O) groups is 2. The van der Waals surface area contributed by atoms with Gasteiger partial charge in [-0.2, -0.15) is 0 Å². The van der Waals surface area contributed by atoms with Crippen molar-refractivity contribution in [3.63, 3.8) is 0 Å². The van der Waals surface area contributed by atoms with E-state index < -0.39 is 12.6 Å². The Kier molecular flexibility index (Phi) is 4.34. The Labute approximate surface area is 81.6 Å². The first-order chi connectivity index (χ1) is 6.68. The fourth-order valence-electron chi connectivity index (χ4n) is 0.907. The number of aliphatic carboxylic acids is 1. The highest BCUT2D eigenvalue weighted by molar-refractivity contribution is 5.75. The largest absolute Gasteiger partial charge is 0.479 e. The van der Waals surface area contributed by atoms with Crippen molar-refractivity contribution in [2.24, 2.45) is 0 Å². The minimum absolute atomic E-state index is 0.302. The Morgan fingerprint density at radius 2 is 2.14 bits per heavy atom. The third kappa shape index (κ3) is 5.50. The summed E-state index contributed by atoms with van der Waals surface area (Å²) in [7, 11) is 0. The van der Waals surface area contributed by atoms with Gasteiger partial charge in [-0.25, -0.2) is 10.3 Å². The molecule has 1 rings (SSSR count). The van der Waals surface area contributed by atoms with Crippen LogP contribution in [0.1, 0.15) is 19.3 Å². The average Bonchev–Trinajstić information content (AvgIpc) is 2.87. The number of rotatable bonds is 7. The highest BCUT2D eigenvalue weighted by Gasteiger charge is 2.20. The van der Waals surface area contributed by atoms with Crippen LogP contribution in [0.5, 0.6) is 0 Å². The van der Waals surface area contributed by atoms with Crippen LogP contribution in [0.25, 0.3) is 0 Å². The second-order valence-corrected chi connectivity index (χ2v) is 3.19. The molecule has 0 aromatic rings. The zero-order valence-corrected chi connectivity index (χ0v) is 7.78. The zero-order chi connectivity index (χ0) is 10.4. The third-order valence-electron chi connectivity index (χ3n) is 1.74. The molecule has 0 aliphatic heterocycles. The Morgan fingerprint density at radius 3 is 2.71 bits per heavy atom. The molecule has 3 N–H and O–H groups in total. The predicted molar refractivity (Wildman–Crippen MR) is 47.4 cm³/mol. The number of hydrogen-bond donors (Lipinski definition) is 3. The van der Waals surface area contributed by atoms with Gasteiger partial charge in [0.05, 0.1) is 0 Å². The lowest BCUT2D eigenvalue weighted by Gasteiger charge is -2.04. The molecule has 0 radical (unpaired) electrons. The van der Waals surface area contributed by atoms with Gasteiger partial charge in [-0.1, -0.05) is 0 Å². The van der Waals surface area contributed by atoms with Gasteiger partial charge < -0.3 is 10.4 Å². The van der Waals surface area contributed by atoms with Gasteiger partial charge in [-0.3, -0.25) is 9.63 Å². The lowest BCUT2D eigenvalue weighted by Crippen LogP contribution is -2.30. The fourth-order valence-corrected chi connectivity index (χ4v) is 0.907. The van der Waals surface area contributed by atoms with Gasteiger partial charge in [0.25, 0.3) is 0 Å². The number of carboxylic acid groups (broad SMARTS) is 1. The van der Waals surface area contributed by atoms with E-state index in [0.29, 0.717) is 19.0 Å². The number of nitrogens with one attached hydrogen (secondary N) is 2. The van der Waals surface area contributed by atoms with Gasteiger partial charge in [0, 0.05) is 19.0 Å². The van der Waals surface area contributed by atoms with E-state index in [2.05, 4.69) is 10.2 Å². The number of amides is 1. The standard InChI is InChI=1S/C8H14N2O4/c11-7(10-14-5-8(12)13)3-4-9-6-1-2-6/h6,9H,1-5H2,(H,10,11)(H,12,13). The minimum Gasteiger partial charge on any atom is -0.479 e. The number of carboxylic acids is 1. The van der Waals surface area contributed by atoms with Gasteiger partial charge in [-0.05, 0) is 12.8 Å². The van der Waals surface area contributed by atoms with Gasteiger partial charge in [0.2, 0.25) is 5.91 Å². The number of hydroxylamine groups is 1. The number of carbonyl (C=O) groups excluding carboxylic acids is 1. The lowest BCUT2D eigenvalue weighted by atomic mass is 10.4. The second kappa shape index (κ2) is 5.56. The Balaban J connectivity index is 1.89. The molecule has 0 spiro atoms. The summed E-state index contributed by atoms with van der Waals surface area (Å²) in [5.74, 6) is -1.42. The van der Waals surface area contributed by atoms with Gasteiger partial charge in [-0.15, -0.1) is 0 Å². The van der Waals surface area contributed by atoms with E-state index in [9.17, 15) is 9.59 Å². The van der Waals surface area contributed by atoms with E-state index in [0.717, 1.165) is 0 Å². The quantitative estimate of drug-likeness (QED) is 0.473. The number of hydrogen-bond acceptors (Lipinski definition) is 4. The van der Waals surface area contributed by atoms with E-state index in [1.807, 2.05) is 5.48 Å². The molecule has 0 saturated heterocycles. The van der Waals surface area contributed by atoms with Crippen molar-refractivity contribution >= 4 is 11.9 Å². The molecule has 0 bridgehead atoms. The van der Waals surface area contributed by atoms with Crippen LogP contribution in [-0.2, 0) is 14.4 Å². The molecule has 0 heterocycles. The Hall–Kier alpha value is -1.14. The van der Waals surface area contributed by atoms with Crippen LogP contribution in [0.3, 0.4) is 0 Å². The SMILES string of the molecule is O=C(O)CONC(=O)CCNC1CC1. The molecule has 6 nitrogen and oxygen atoms in total. The van der Waals surface area contributed by atoms with Crippen LogP contribution in [0.4, 0.5) is 0 Å². The predicted octanol–water partition coefficient (Wildman–Crippen LogP) is -0.739. The molecule has 14 heavy (non-hydrogen) atoms. The fraction of sp³-hybridized carbons (Fsp3) is 0.750. The van der Waals surface area contributed by atoms with Crippen molar-refractivity contribution in [1.29, 1.82) is 0 Å². The summed E-state index contributed by atoms with van der Waals surface area (Å²) >= 11 is 0. The van der Waals surface area contributed by atoms with Crippen molar-refractivity contribution in [3.05, 3.63) is 0 Å². The summed E-state index contributed by atoms with van der Waals surface area (Å²) < 4.78 is 0. The lowest BCUT2D eigenvalue weighted by molar-refractivity contribution is -0.149. The highest BCUT2D eigenvalue weighted by atomic mass is 16.7. The first-order valence-corrected chi connectivity index (χ1v) is 4.54. The normalized spacial score (nSPS) is 15.1. The van der Waals surface area contributed by atoms with Crippen LogP contribution in [0, 0.1) is 0 Å². The molecule has 1 saturated carbocycles. The molecular weight excluding hydrogens is 188 g/mol. The maximum Gasteiger partial charge on any atom is 0.332 e. The molecule has 6 heteroatoms. The summed E-state index contributed by atoms with van der Waals surface area (Å²) in [4.78, 5) is 25.4. The molecule has 1 aliphatic carbocycles. The topological polar surface area (TPSA) is 87.7 Å². The molecular formula is C8H14N2O4. The van der Waals surface area contributed by atoms with Crippen LogP contribution < -0.4 is 10.8 Å². The Morgan fingerprint density at radius 1 is 1.43 bits per heavy atom. The zero-order valence-electron chi connectivity index (χ0n) is 7.78. The van der Waals surface area contributed by atoms with Crippen molar-refractivity contribution in [1.82, 2.24) is 10.8 Å². The monoisotopic (exact) mass is 202 g/mol. The summed E-state index contributed by atoms with van der Waals surface area (Å²) in [6.45, 7) is 0.0920. The molecule has 0 unspecified atom stereocenters. The first kappa shape index (κ1) is 10.9. The van der Waals surface area contributed by atoms with E-state index >= 15 is 0 Å². The van der Waals surface area contributed by atoms with Gasteiger partial charge in [0.15, 0.2) is 6.61 Å². The van der Waals surface area contributed by atoms with Crippen molar-refractivity contribution in [2.75, 3.05) is 13.2 Å². The molecule has 1 amide bonds. The van der Waals surface area contributed by atoms with E-state index in [4.69, 9.17) is 5.11 Å². The second-order valence-electron chi connectivity index (χ2n) is 3.19. The van der Waals surface area contributed by atoms with Crippen LogP contribution in [-0.4, -0.2) is 36.2 Å². The molecule has 1 aliphatic rings. The summed E-state index contributed by atoms with van der Waals surface area (Å²) in [5, 5.41) is 11.3. The maximum absolute atomic E-state index is 11.0. The average molecular weight is 202 g/mol. The highest BCUT2D eigenvalue weighted by Crippen LogP contribution is 2.18. The summed E-state index contributed by atoms with van der Waals surface area (Å²) in [6.07, 6.45) is 2.66. The molecule has 80 valence electrons. The molecule has 0 aromatic heterocycles. The summed E-state index contributed by atoms with van der Waals surface area (Å²) in [6, 6.07) is 0.572. The van der Waals surface area contributed by atoms with Crippen molar-refractivity contribution in [2.45, 2.75) is 25.3 Å². The van der Waals surface area contributed by atoms with Crippen LogP contribution >= 0.6 is 0 Å². The van der Waals surface area contributed by atoms with Gasteiger partial charge in [0.1, 0.15) is 0 Å². The van der Waals surface area contributed by atoms with E-state index in [-0.39, 0.29) is 5.91 Å². The first-order valence-electron chi connectivity index (χ1n) is 4.54.